The number of aliphatic hydroxyl groups excluding tert-OH is 1. The van der Waals surface area contributed by atoms with Crippen LogP contribution < -0.4 is 10.0 Å². The van der Waals surface area contributed by atoms with Crippen LogP contribution in [0.2, 0.25) is 0 Å². The molecule has 0 aliphatic rings. The number of nitrogens with one attached hydrogen (secondary N) is 2. The monoisotopic (exact) mass is 314 g/mol. The highest BCUT2D eigenvalue weighted by Gasteiger charge is 2.19. The van der Waals surface area contributed by atoms with Gasteiger partial charge < -0.3 is 10.4 Å². The van der Waals surface area contributed by atoms with Crippen LogP contribution in [0.3, 0.4) is 0 Å². The van der Waals surface area contributed by atoms with E-state index in [2.05, 4.69) is 23.9 Å². The third kappa shape index (κ3) is 5.39. The Hall–Kier alpha value is -0.950. The number of hydrogen-bond acceptors (Lipinski definition) is 4. The minimum absolute atomic E-state index is 0.00231. The predicted octanol–water partition coefficient (Wildman–Crippen LogP) is 1.65. The summed E-state index contributed by atoms with van der Waals surface area (Å²) in [7, 11) is -2.01. The van der Waals surface area contributed by atoms with Crippen molar-refractivity contribution in [2.45, 2.75) is 38.1 Å². The van der Waals surface area contributed by atoms with Gasteiger partial charge in [-0.05, 0) is 43.5 Å². The molecule has 5 nitrogen and oxygen atoms in total. The molecule has 1 atom stereocenters. The Morgan fingerprint density at radius 1 is 1.33 bits per heavy atom. The van der Waals surface area contributed by atoms with E-state index in [0.717, 1.165) is 18.5 Å². The molecule has 0 heterocycles. The van der Waals surface area contributed by atoms with Crippen molar-refractivity contribution in [1.82, 2.24) is 10.0 Å². The molecule has 1 unspecified atom stereocenters. The van der Waals surface area contributed by atoms with Crippen molar-refractivity contribution in [3.8, 4) is 0 Å². The fraction of sp³-hybridized carbons (Fsp3) is 0.600. The zero-order valence-electron chi connectivity index (χ0n) is 13.2. The van der Waals surface area contributed by atoms with Gasteiger partial charge in [-0.3, -0.25) is 0 Å². The topological polar surface area (TPSA) is 78.4 Å². The number of aliphatic hydroxyl groups is 1. The van der Waals surface area contributed by atoms with Crippen molar-refractivity contribution < 1.29 is 13.5 Å². The van der Waals surface area contributed by atoms with Crippen LogP contribution in [-0.2, 0) is 10.0 Å². The molecule has 0 spiro atoms. The van der Waals surface area contributed by atoms with Gasteiger partial charge in [0.2, 0.25) is 10.0 Å². The largest absolute Gasteiger partial charge is 0.396 e. The van der Waals surface area contributed by atoms with Gasteiger partial charge in [0.25, 0.3) is 0 Å². The second-order valence-corrected chi connectivity index (χ2v) is 7.91. The molecule has 0 bridgehead atoms. The van der Waals surface area contributed by atoms with Crippen LogP contribution in [-0.4, -0.2) is 33.7 Å². The molecular formula is C15H26N2O3S. The van der Waals surface area contributed by atoms with Crippen LogP contribution in [0.15, 0.2) is 29.2 Å². The molecular weight excluding hydrogens is 288 g/mol. The van der Waals surface area contributed by atoms with E-state index in [1.807, 2.05) is 13.0 Å². The van der Waals surface area contributed by atoms with Crippen LogP contribution in [0.1, 0.15) is 38.8 Å². The SMILES string of the molecule is CNS(=O)(=O)c1cccc(C(C)NCC(C)(C)CCO)c1. The molecule has 0 radical (unpaired) electrons. The normalized spacial score (nSPS) is 14.1. The van der Waals surface area contributed by atoms with Crippen LogP contribution in [0.5, 0.6) is 0 Å². The van der Waals surface area contributed by atoms with Gasteiger partial charge in [0, 0.05) is 19.2 Å². The van der Waals surface area contributed by atoms with E-state index in [9.17, 15) is 8.42 Å². The lowest BCUT2D eigenvalue weighted by Crippen LogP contribution is -2.32. The molecule has 0 saturated heterocycles. The molecule has 21 heavy (non-hydrogen) atoms. The Morgan fingerprint density at radius 3 is 2.57 bits per heavy atom. The van der Waals surface area contributed by atoms with Gasteiger partial charge in [-0.15, -0.1) is 0 Å². The van der Waals surface area contributed by atoms with Crippen molar-refractivity contribution in [3.05, 3.63) is 29.8 Å². The first-order valence-corrected chi connectivity index (χ1v) is 8.58. The summed E-state index contributed by atoms with van der Waals surface area (Å²) in [6.07, 6.45) is 0.723. The van der Waals surface area contributed by atoms with E-state index >= 15 is 0 Å². The third-order valence-corrected chi connectivity index (χ3v) is 5.02. The van der Waals surface area contributed by atoms with E-state index in [4.69, 9.17) is 5.11 Å². The lowest BCUT2D eigenvalue weighted by atomic mass is 9.89. The molecule has 3 N–H and O–H groups in total. The van der Waals surface area contributed by atoms with Crippen LogP contribution in [0.4, 0.5) is 0 Å². The first-order valence-electron chi connectivity index (χ1n) is 7.09. The summed E-state index contributed by atoms with van der Waals surface area (Å²) in [5, 5.41) is 12.4. The predicted molar refractivity (Wildman–Crippen MR) is 84.6 cm³/mol. The summed E-state index contributed by atoms with van der Waals surface area (Å²) >= 11 is 0. The zero-order valence-corrected chi connectivity index (χ0v) is 14.0. The maximum atomic E-state index is 11.8. The van der Waals surface area contributed by atoms with Gasteiger partial charge in [-0.1, -0.05) is 26.0 Å². The molecule has 0 aliphatic carbocycles. The second kappa shape index (κ2) is 7.35. The van der Waals surface area contributed by atoms with Gasteiger partial charge in [0.15, 0.2) is 0 Å². The summed E-state index contributed by atoms with van der Waals surface area (Å²) in [4.78, 5) is 0.269. The maximum Gasteiger partial charge on any atom is 0.240 e. The van der Waals surface area contributed by atoms with Gasteiger partial charge >= 0.3 is 0 Å². The summed E-state index contributed by atoms with van der Waals surface area (Å²) in [5.41, 5.74) is 0.920. The van der Waals surface area contributed by atoms with E-state index in [0.29, 0.717) is 0 Å². The molecule has 120 valence electrons. The Kier molecular flexibility index (Phi) is 6.34. The minimum atomic E-state index is -3.42. The summed E-state index contributed by atoms with van der Waals surface area (Å²) in [5.74, 6) is 0. The van der Waals surface area contributed by atoms with E-state index in [-0.39, 0.29) is 23.0 Å². The summed E-state index contributed by atoms with van der Waals surface area (Å²) < 4.78 is 26.0. The maximum absolute atomic E-state index is 11.8. The summed E-state index contributed by atoms with van der Waals surface area (Å²) in [6, 6.07) is 6.96. The summed E-state index contributed by atoms with van der Waals surface area (Å²) in [6.45, 7) is 7.09. The fourth-order valence-corrected chi connectivity index (χ4v) is 2.79. The highest BCUT2D eigenvalue weighted by atomic mass is 32.2. The van der Waals surface area contributed by atoms with Crippen LogP contribution >= 0.6 is 0 Å². The second-order valence-electron chi connectivity index (χ2n) is 6.02. The Labute approximate surface area is 127 Å². The van der Waals surface area contributed by atoms with Crippen molar-refractivity contribution in [3.63, 3.8) is 0 Å². The lowest BCUT2D eigenvalue weighted by Gasteiger charge is -2.26. The number of sulfonamides is 1. The molecule has 0 aliphatic heterocycles. The van der Waals surface area contributed by atoms with Crippen molar-refractivity contribution in [1.29, 1.82) is 0 Å². The molecule has 1 aromatic rings. The molecule has 0 aromatic heterocycles. The van der Waals surface area contributed by atoms with Gasteiger partial charge in [-0.2, -0.15) is 0 Å². The molecule has 0 fully saturated rings. The average Bonchev–Trinajstić information content (AvgIpc) is 2.45. The van der Waals surface area contributed by atoms with Gasteiger partial charge in [0.1, 0.15) is 0 Å². The Balaban J connectivity index is 2.80. The zero-order chi connectivity index (χ0) is 16.1. The van der Waals surface area contributed by atoms with Crippen molar-refractivity contribution >= 4 is 10.0 Å². The smallest absolute Gasteiger partial charge is 0.240 e. The number of rotatable bonds is 8. The lowest BCUT2D eigenvalue weighted by molar-refractivity contribution is 0.203. The van der Waals surface area contributed by atoms with Crippen molar-refractivity contribution in [2.75, 3.05) is 20.2 Å². The van der Waals surface area contributed by atoms with Crippen LogP contribution in [0.25, 0.3) is 0 Å². The van der Waals surface area contributed by atoms with Crippen LogP contribution in [0, 0.1) is 5.41 Å². The first-order chi connectivity index (χ1) is 9.72. The Bertz CT molecular complexity index is 556. The number of hydrogen-bond donors (Lipinski definition) is 3. The van der Waals surface area contributed by atoms with Gasteiger partial charge in [0.05, 0.1) is 4.90 Å². The third-order valence-electron chi connectivity index (χ3n) is 3.61. The van der Waals surface area contributed by atoms with E-state index in [1.54, 1.807) is 18.2 Å². The van der Waals surface area contributed by atoms with Gasteiger partial charge in [-0.25, -0.2) is 13.1 Å². The molecule has 0 saturated carbocycles. The standard InChI is InChI=1S/C15H26N2O3S/c1-12(17-11-15(2,3)8-9-18)13-6-5-7-14(10-13)21(19,20)16-4/h5-7,10,12,16-18H,8-9,11H2,1-4H3. The first kappa shape index (κ1) is 18.1. The fourth-order valence-electron chi connectivity index (χ4n) is 2.01. The van der Waals surface area contributed by atoms with Crippen molar-refractivity contribution in [2.24, 2.45) is 5.41 Å². The number of benzene rings is 1. The highest BCUT2D eigenvalue weighted by molar-refractivity contribution is 7.89. The Morgan fingerprint density at radius 2 is 2.00 bits per heavy atom. The minimum Gasteiger partial charge on any atom is -0.396 e. The van der Waals surface area contributed by atoms with E-state index in [1.165, 1.54) is 7.05 Å². The average molecular weight is 314 g/mol. The van der Waals surface area contributed by atoms with E-state index < -0.39 is 10.0 Å². The molecule has 6 heteroatoms. The molecule has 1 aromatic carbocycles. The quantitative estimate of drug-likeness (QED) is 0.682. The highest BCUT2D eigenvalue weighted by Crippen LogP contribution is 2.22. The molecule has 0 amide bonds. The molecule has 1 rings (SSSR count).